The van der Waals surface area contributed by atoms with Gasteiger partial charge in [0.2, 0.25) is 0 Å². The number of hydrogen-bond acceptors (Lipinski definition) is 1. The number of Topliss-reactive ketones (excluding diaryl/α,β-unsaturated/α-hetero) is 1. The van der Waals surface area contributed by atoms with E-state index in [9.17, 15) is 4.79 Å². The van der Waals surface area contributed by atoms with Crippen molar-refractivity contribution < 1.29 is 4.79 Å². The van der Waals surface area contributed by atoms with Crippen molar-refractivity contribution in [3.8, 4) is 0 Å². The lowest BCUT2D eigenvalue weighted by atomic mass is 10.1. The lowest BCUT2D eigenvalue weighted by molar-refractivity contribution is 0.101. The molecule has 0 spiro atoms. The lowest BCUT2D eigenvalue weighted by Gasteiger charge is -2.02. The van der Waals surface area contributed by atoms with E-state index in [0.29, 0.717) is 0 Å². The molecular formula is C9H12BrNO. The average Bonchev–Trinajstić information content (AvgIpc) is 2.29. The number of rotatable bonds is 2. The van der Waals surface area contributed by atoms with Crippen molar-refractivity contribution in [1.82, 2.24) is 4.57 Å². The summed E-state index contributed by atoms with van der Waals surface area (Å²) in [6.45, 7) is 3.65. The molecule has 0 aliphatic heterocycles. The highest BCUT2D eigenvalue weighted by Gasteiger charge is 2.12. The smallest absolute Gasteiger partial charge is 0.161 e. The van der Waals surface area contributed by atoms with Crippen LogP contribution >= 0.6 is 15.9 Å². The standard InChI is InChI=1S/C9H12BrNO/c1-4-8-7(6(2)12)5-9(10)11(8)3/h5H,4H2,1-3H3. The van der Waals surface area contributed by atoms with Crippen LogP contribution in [0.25, 0.3) is 0 Å². The zero-order valence-corrected chi connectivity index (χ0v) is 9.10. The van der Waals surface area contributed by atoms with Crippen LogP contribution in [0.5, 0.6) is 0 Å². The topological polar surface area (TPSA) is 22.0 Å². The van der Waals surface area contributed by atoms with E-state index >= 15 is 0 Å². The molecule has 0 radical (unpaired) electrons. The Morgan fingerprint density at radius 1 is 1.67 bits per heavy atom. The molecule has 0 saturated carbocycles. The van der Waals surface area contributed by atoms with E-state index in [2.05, 4.69) is 15.9 Å². The number of carbonyl (C=O) groups is 1. The van der Waals surface area contributed by atoms with Crippen LogP contribution in [-0.2, 0) is 13.5 Å². The van der Waals surface area contributed by atoms with Crippen LogP contribution < -0.4 is 0 Å². The van der Waals surface area contributed by atoms with E-state index in [1.54, 1.807) is 6.92 Å². The van der Waals surface area contributed by atoms with Crippen molar-refractivity contribution in [1.29, 1.82) is 0 Å². The molecular weight excluding hydrogens is 218 g/mol. The predicted octanol–water partition coefficient (Wildman–Crippen LogP) is 2.55. The molecule has 3 heteroatoms. The van der Waals surface area contributed by atoms with Gasteiger partial charge < -0.3 is 4.57 Å². The van der Waals surface area contributed by atoms with Gasteiger partial charge in [-0.25, -0.2) is 0 Å². The first-order chi connectivity index (χ1) is 5.57. The molecule has 66 valence electrons. The van der Waals surface area contributed by atoms with Crippen LogP contribution in [-0.4, -0.2) is 10.4 Å². The summed E-state index contributed by atoms with van der Waals surface area (Å²) >= 11 is 3.39. The van der Waals surface area contributed by atoms with E-state index in [4.69, 9.17) is 0 Å². The van der Waals surface area contributed by atoms with Crippen molar-refractivity contribution in [3.63, 3.8) is 0 Å². The Kier molecular flexibility index (Phi) is 2.73. The van der Waals surface area contributed by atoms with Crippen molar-refractivity contribution in [2.75, 3.05) is 0 Å². The fourth-order valence-electron chi connectivity index (χ4n) is 1.34. The molecule has 0 aromatic carbocycles. The Hall–Kier alpha value is -0.570. The molecule has 1 heterocycles. The third-order valence-corrected chi connectivity index (χ3v) is 2.77. The SMILES string of the molecule is CCc1c(C(C)=O)cc(Br)n1C. The van der Waals surface area contributed by atoms with Gasteiger partial charge in [-0.2, -0.15) is 0 Å². The van der Waals surface area contributed by atoms with Crippen molar-refractivity contribution in [3.05, 3.63) is 21.9 Å². The molecule has 0 aliphatic rings. The highest BCUT2D eigenvalue weighted by Crippen LogP contribution is 2.20. The van der Waals surface area contributed by atoms with Gasteiger partial charge in [0.1, 0.15) is 0 Å². The second-order valence-corrected chi connectivity index (χ2v) is 3.61. The fraction of sp³-hybridized carbons (Fsp3) is 0.444. The van der Waals surface area contributed by atoms with Gasteiger partial charge in [0, 0.05) is 18.3 Å². The molecule has 0 bridgehead atoms. The van der Waals surface area contributed by atoms with Crippen molar-refractivity contribution in [2.45, 2.75) is 20.3 Å². The van der Waals surface area contributed by atoms with Crippen LogP contribution in [0.2, 0.25) is 0 Å². The molecule has 1 rings (SSSR count). The second kappa shape index (κ2) is 3.44. The monoisotopic (exact) mass is 229 g/mol. The Bertz CT molecular complexity index is 315. The number of aromatic nitrogens is 1. The minimum absolute atomic E-state index is 0.133. The molecule has 0 N–H and O–H groups in total. The first-order valence-electron chi connectivity index (χ1n) is 3.93. The third-order valence-electron chi connectivity index (χ3n) is 2.01. The molecule has 0 unspecified atom stereocenters. The molecule has 1 aromatic rings. The van der Waals surface area contributed by atoms with Gasteiger partial charge >= 0.3 is 0 Å². The number of nitrogens with zero attached hydrogens (tertiary/aromatic N) is 1. The number of carbonyl (C=O) groups excluding carboxylic acids is 1. The van der Waals surface area contributed by atoms with Gasteiger partial charge in [0.15, 0.2) is 5.78 Å². The summed E-state index contributed by atoms with van der Waals surface area (Å²) in [6.07, 6.45) is 0.886. The first kappa shape index (κ1) is 9.52. The molecule has 0 aliphatic carbocycles. The summed E-state index contributed by atoms with van der Waals surface area (Å²) in [5, 5.41) is 0. The van der Waals surface area contributed by atoms with Gasteiger partial charge in [0.25, 0.3) is 0 Å². The van der Waals surface area contributed by atoms with Crippen molar-refractivity contribution >= 4 is 21.7 Å². The maximum Gasteiger partial charge on any atom is 0.161 e. The highest BCUT2D eigenvalue weighted by atomic mass is 79.9. The Morgan fingerprint density at radius 2 is 2.25 bits per heavy atom. The largest absolute Gasteiger partial charge is 0.342 e. The van der Waals surface area contributed by atoms with Gasteiger partial charge in [0.05, 0.1) is 4.60 Å². The number of ketones is 1. The van der Waals surface area contributed by atoms with E-state index < -0.39 is 0 Å². The van der Waals surface area contributed by atoms with E-state index in [-0.39, 0.29) is 5.78 Å². The highest BCUT2D eigenvalue weighted by molar-refractivity contribution is 9.10. The van der Waals surface area contributed by atoms with Gasteiger partial charge in [-0.1, -0.05) is 6.92 Å². The van der Waals surface area contributed by atoms with E-state index in [1.807, 2.05) is 24.6 Å². The molecule has 1 aromatic heterocycles. The van der Waals surface area contributed by atoms with Crippen LogP contribution in [0, 0.1) is 0 Å². The predicted molar refractivity (Wildman–Crippen MR) is 52.5 cm³/mol. The van der Waals surface area contributed by atoms with Crippen LogP contribution in [0.4, 0.5) is 0 Å². The Morgan fingerprint density at radius 3 is 2.58 bits per heavy atom. The van der Waals surface area contributed by atoms with E-state index in [1.165, 1.54) is 0 Å². The Balaban J connectivity index is 3.29. The second-order valence-electron chi connectivity index (χ2n) is 2.80. The molecule has 0 saturated heterocycles. The van der Waals surface area contributed by atoms with E-state index in [0.717, 1.165) is 22.3 Å². The summed E-state index contributed by atoms with van der Waals surface area (Å²) < 4.78 is 2.96. The average molecular weight is 230 g/mol. The molecule has 2 nitrogen and oxygen atoms in total. The molecule has 0 amide bonds. The third kappa shape index (κ3) is 1.46. The summed E-state index contributed by atoms with van der Waals surface area (Å²) in [6, 6.07) is 1.88. The maximum atomic E-state index is 11.2. The first-order valence-corrected chi connectivity index (χ1v) is 4.72. The molecule has 0 fully saturated rings. The zero-order valence-electron chi connectivity index (χ0n) is 7.52. The van der Waals surface area contributed by atoms with Crippen LogP contribution in [0.15, 0.2) is 10.7 Å². The number of hydrogen-bond donors (Lipinski definition) is 0. The summed E-state index contributed by atoms with van der Waals surface area (Å²) in [5.41, 5.74) is 1.92. The van der Waals surface area contributed by atoms with Crippen molar-refractivity contribution in [2.24, 2.45) is 7.05 Å². The van der Waals surface area contributed by atoms with Gasteiger partial charge in [-0.15, -0.1) is 0 Å². The molecule has 12 heavy (non-hydrogen) atoms. The van der Waals surface area contributed by atoms with Crippen LogP contribution in [0.3, 0.4) is 0 Å². The quantitative estimate of drug-likeness (QED) is 0.715. The zero-order chi connectivity index (χ0) is 9.30. The fourth-order valence-corrected chi connectivity index (χ4v) is 1.78. The summed E-state index contributed by atoms with van der Waals surface area (Å²) in [4.78, 5) is 11.2. The number of halogens is 1. The maximum absolute atomic E-state index is 11.2. The minimum Gasteiger partial charge on any atom is -0.342 e. The molecule has 0 atom stereocenters. The summed E-state index contributed by atoms with van der Waals surface area (Å²) in [7, 11) is 1.95. The summed E-state index contributed by atoms with van der Waals surface area (Å²) in [5.74, 6) is 0.133. The van der Waals surface area contributed by atoms with Crippen LogP contribution in [0.1, 0.15) is 29.9 Å². The normalized spacial score (nSPS) is 10.3. The lowest BCUT2D eigenvalue weighted by Crippen LogP contribution is -2.00. The van der Waals surface area contributed by atoms with Gasteiger partial charge in [-0.05, 0) is 35.3 Å². The Labute approximate surface area is 80.7 Å². The van der Waals surface area contributed by atoms with Gasteiger partial charge in [-0.3, -0.25) is 4.79 Å². The minimum atomic E-state index is 0.133.